The Hall–Kier alpha value is -0.790. The number of rotatable bonds is 5. The van der Waals surface area contributed by atoms with Gasteiger partial charge >= 0.3 is 12.1 Å². The molecule has 20 heavy (non-hydrogen) atoms. The number of nitrogens with one attached hydrogen (secondary N) is 1. The molecule has 0 amide bonds. The molecule has 0 bridgehead atoms. The predicted molar refractivity (Wildman–Crippen MR) is 72.6 cm³/mol. The van der Waals surface area contributed by atoms with Crippen LogP contribution in [0.25, 0.3) is 0 Å². The largest absolute Gasteiger partial charge is 0.465 e. The van der Waals surface area contributed by atoms with Gasteiger partial charge < -0.3 is 4.74 Å². The topological polar surface area (TPSA) is 38.3 Å². The molecule has 0 aromatic heterocycles. The van der Waals surface area contributed by atoms with Crippen molar-refractivity contribution in [2.75, 3.05) is 13.2 Å². The Morgan fingerprint density at radius 1 is 1.50 bits per heavy atom. The first-order chi connectivity index (χ1) is 9.24. The normalized spacial score (nSPS) is 13.1. The van der Waals surface area contributed by atoms with E-state index in [-0.39, 0.29) is 6.61 Å². The zero-order valence-electron chi connectivity index (χ0n) is 10.4. The quantitative estimate of drug-likeness (QED) is 0.796. The van der Waals surface area contributed by atoms with Crippen LogP contribution in [-0.4, -0.2) is 25.3 Å². The molecule has 3 nitrogen and oxygen atoms in total. The van der Waals surface area contributed by atoms with Gasteiger partial charge in [-0.2, -0.15) is 13.2 Å². The van der Waals surface area contributed by atoms with Crippen LogP contribution in [0, 0.1) is 0 Å². The number of carbonyl (C=O) groups excluding carboxylic acids is 1. The molecule has 0 radical (unpaired) electrons. The van der Waals surface area contributed by atoms with Crippen molar-refractivity contribution in [3.63, 3.8) is 0 Å². The SMILES string of the molecule is CCOC(=O)C(NCC(F)(F)F)c1ccc(Cl)c(Br)c1. The van der Waals surface area contributed by atoms with E-state index in [2.05, 4.69) is 21.2 Å². The Morgan fingerprint density at radius 3 is 2.65 bits per heavy atom. The molecular formula is C12H12BrClF3NO2. The summed E-state index contributed by atoms with van der Waals surface area (Å²) in [4.78, 5) is 11.8. The first kappa shape index (κ1) is 17.3. The lowest BCUT2D eigenvalue weighted by Gasteiger charge is -2.19. The van der Waals surface area contributed by atoms with Crippen molar-refractivity contribution in [3.8, 4) is 0 Å². The van der Waals surface area contributed by atoms with E-state index in [1.807, 2.05) is 0 Å². The van der Waals surface area contributed by atoms with Gasteiger partial charge in [0.15, 0.2) is 0 Å². The van der Waals surface area contributed by atoms with Crippen molar-refractivity contribution in [3.05, 3.63) is 33.3 Å². The highest BCUT2D eigenvalue weighted by Gasteiger charge is 2.31. The Balaban J connectivity index is 2.96. The van der Waals surface area contributed by atoms with E-state index in [1.54, 1.807) is 6.92 Å². The molecule has 1 rings (SSSR count). The van der Waals surface area contributed by atoms with Crippen molar-refractivity contribution in [2.24, 2.45) is 0 Å². The molecule has 1 atom stereocenters. The van der Waals surface area contributed by atoms with Gasteiger partial charge in [-0.25, -0.2) is 4.79 Å². The molecule has 1 aromatic rings. The fraction of sp³-hybridized carbons (Fsp3) is 0.417. The summed E-state index contributed by atoms with van der Waals surface area (Å²) in [5.74, 6) is -0.772. The third-order valence-corrected chi connectivity index (χ3v) is 3.52. The van der Waals surface area contributed by atoms with Crippen LogP contribution in [-0.2, 0) is 9.53 Å². The van der Waals surface area contributed by atoms with Gasteiger partial charge in [0.1, 0.15) is 6.04 Å². The van der Waals surface area contributed by atoms with E-state index >= 15 is 0 Å². The number of alkyl halides is 3. The number of esters is 1. The maximum atomic E-state index is 12.3. The first-order valence-electron chi connectivity index (χ1n) is 5.66. The average molecular weight is 375 g/mol. The lowest BCUT2D eigenvalue weighted by molar-refractivity contribution is -0.149. The third kappa shape index (κ3) is 5.30. The van der Waals surface area contributed by atoms with Crippen LogP contribution in [0.5, 0.6) is 0 Å². The van der Waals surface area contributed by atoms with Gasteiger partial charge in [-0.15, -0.1) is 0 Å². The molecule has 0 aliphatic carbocycles. The van der Waals surface area contributed by atoms with Crippen molar-refractivity contribution in [1.82, 2.24) is 5.32 Å². The number of hydrogen-bond donors (Lipinski definition) is 1. The van der Waals surface area contributed by atoms with Crippen molar-refractivity contribution < 1.29 is 22.7 Å². The summed E-state index contributed by atoms with van der Waals surface area (Å²) in [5.41, 5.74) is 0.337. The maximum Gasteiger partial charge on any atom is 0.401 e. The summed E-state index contributed by atoms with van der Waals surface area (Å²) in [6.45, 7) is 0.366. The second-order valence-electron chi connectivity index (χ2n) is 3.85. The van der Waals surface area contributed by atoms with Gasteiger partial charge in [-0.05, 0) is 40.5 Å². The van der Waals surface area contributed by atoms with Crippen LogP contribution >= 0.6 is 27.5 Å². The van der Waals surface area contributed by atoms with Crippen LogP contribution in [0.3, 0.4) is 0 Å². The number of ether oxygens (including phenoxy) is 1. The summed E-state index contributed by atoms with van der Waals surface area (Å²) in [6, 6.07) is 3.23. The summed E-state index contributed by atoms with van der Waals surface area (Å²) >= 11 is 8.97. The molecule has 1 aromatic carbocycles. The summed E-state index contributed by atoms with van der Waals surface area (Å²) in [5, 5.41) is 2.54. The predicted octanol–water partition coefficient (Wildman–Crippen LogP) is 3.86. The highest BCUT2D eigenvalue weighted by molar-refractivity contribution is 9.10. The minimum atomic E-state index is -4.42. The molecule has 0 heterocycles. The summed E-state index contributed by atoms with van der Waals surface area (Å²) in [6.07, 6.45) is -4.42. The van der Waals surface area contributed by atoms with Crippen LogP contribution in [0.1, 0.15) is 18.5 Å². The Morgan fingerprint density at radius 2 is 2.15 bits per heavy atom. The molecule has 0 aliphatic heterocycles. The highest BCUT2D eigenvalue weighted by atomic mass is 79.9. The zero-order chi connectivity index (χ0) is 15.3. The number of hydrogen-bond acceptors (Lipinski definition) is 3. The lowest BCUT2D eigenvalue weighted by atomic mass is 10.1. The molecular weight excluding hydrogens is 362 g/mol. The number of carbonyl (C=O) groups is 1. The zero-order valence-corrected chi connectivity index (χ0v) is 12.8. The van der Waals surface area contributed by atoms with Gasteiger partial charge in [0.25, 0.3) is 0 Å². The second kappa shape index (κ2) is 7.28. The van der Waals surface area contributed by atoms with Gasteiger partial charge in [0.05, 0.1) is 18.2 Å². The molecule has 1 unspecified atom stereocenters. The Kier molecular flexibility index (Phi) is 6.29. The summed E-state index contributed by atoms with van der Waals surface area (Å²) in [7, 11) is 0. The molecule has 1 N–H and O–H groups in total. The fourth-order valence-corrected chi connectivity index (χ4v) is 1.99. The molecule has 0 saturated heterocycles. The van der Waals surface area contributed by atoms with E-state index in [1.165, 1.54) is 18.2 Å². The molecule has 8 heteroatoms. The molecule has 0 saturated carbocycles. The fourth-order valence-electron chi connectivity index (χ4n) is 1.47. The van der Waals surface area contributed by atoms with Gasteiger partial charge in [-0.3, -0.25) is 5.32 Å². The van der Waals surface area contributed by atoms with Gasteiger partial charge in [0.2, 0.25) is 0 Å². The van der Waals surface area contributed by atoms with E-state index in [0.29, 0.717) is 15.1 Å². The smallest absolute Gasteiger partial charge is 0.401 e. The van der Waals surface area contributed by atoms with Crippen molar-refractivity contribution >= 4 is 33.5 Å². The standard InChI is InChI=1S/C12H12BrClF3NO2/c1-2-20-11(19)10(18-6-12(15,16)17)7-3-4-9(14)8(13)5-7/h3-5,10,18H,2,6H2,1H3. The lowest BCUT2D eigenvalue weighted by Crippen LogP contribution is -2.36. The van der Waals surface area contributed by atoms with Crippen molar-refractivity contribution in [1.29, 1.82) is 0 Å². The minimum absolute atomic E-state index is 0.0811. The van der Waals surface area contributed by atoms with Crippen LogP contribution in [0.4, 0.5) is 13.2 Å². The van der Waals surface area contributed by atoms with Crippen LogP contribution < -0.4 is 5.32 Å². The van der Waals surface area contributed by atoms with Crippen molar-refractivity contribution in [2.45, 2.75) is 19.1 Å². The third-order valence-electron chi connectivity index (χ3n) is 2.31. The Labute approximate surface area is 127 Å². The first-order valence-corrected chi connectivity index (χ1v) is 6.83. The minimum Gasteiger partial charge on any atom is -0.465 e. The van der Waals surface area contributed by atoms with Gasteiger partial charge in [-0.1, -0.05) is 17.7 Å². The van der Waals surface area contributed by atoms with E-state index < -0.39 is 24.7 Å². The average Bonchev–Trinajstić information content (AvgIpc) is 2.32. The number of halogens is 5. The second-order valence-corrected chi connectivity index (χ2v) is 5.12. The van der Waals surface area contributed by atoms with Crippen LogP contribution in [0.15, 0.2) is 22.7 Å². The molecule has 0 spiro atoms. The summed E-state index contributed by atoms with van der Waals surface area (Å²) < 4.78 is 42.1. The maximum absolute atomic E-state index is 12.3. The van der Waals surface area contributed by atoms with Gasteiger partial charge in [0, 0.05) is 4.47 Å². The van der Waals surface area contributed by atoms with Crippen LogP contribution in [0.2, 0.25) is 5.02 Å². The van der Waals surface area contributed by atoms with E-state index in [0.717, 1.165) is 0 Å². The number of benzene rings is 1. The van der Waals surface area contributed by atoms with E-state index in [4.69, 9.17) is 16.3 Å². The monoisotopic (exact) mass is 373 g/mol. The van der Waals surface area contributed by atoms with E-state index in [9.17, 15) is 18.0 Å². The molecule has 0 fully saturated rings. The highest BCUT2D eigenvalue weighted by Crippen LogP contribution is 2.27. The Bertz CT molecular complexity index is 482. The molecule has 112 valence electrons. The molecule has 0 aliphatic rings.